The van der Waals surface area contributed by atoms with Crippen LogP contribution < -0.4 is 10.9 Å². The Kier molecular flexibility index (Phi) is 5.79. The summed E-state index contributed by atoms with van der Waals surface area (Å²) in [5, 5.41) is 3.61. The molecule has 3 heterocycles. The summed E-state index contributed by atoms with van der Waals surface area (Å²) in [5.41, 5.74) is 1.77. The van der Waals surface area contributed by atoms with Gasteiger partial charge in [0.15, 0.2) is 0 Å². The molecular weight excluding hydrogens is 416 g/mol. The molecule has 1 aliphatic rings. The Morgan fingerprint density at radius 1 is 1.06 bits per heavy atom. The minimum absolute atomic E-state index is 0.0237. The van der Waals surface area contributed by atoms with Crippen LogP contribution in [0.5, 0.6) is 0 Å². The maximum absolute atomic E-state index is 13.0. The summed E-state index contributed by atoms with van der Waals surface area (Å²) in [7, 11) is 0. The van der Waals surface area contributed by atoms with Crippen molar-refractivity contribution in [2.24, 2.45) is 0 Å². The first-order valence-corrected chi connectivity index (χ1v) is 11.3. The van der Waals surface area contributed by atoms with Crippen LogP contribution in [0.2, 0.25) is 0 Å². The van der Waals surface area contributed by atoms with E-state index in [2.05, 4.69) is 15.2 Å². The van der Waals surface area contributed by atoms with Crippen molar-refractivity contribution in [2.75, 3.05) is 19.6 Å². The molecule has 168 valence electrons. The van der Waals surface area contributed by atoms with E-state index in [9.17, 15) is 9.59 Å². The van der Waals surface area contributed by atoms with E-state index >= 15 is 0 Å². The predicted octanol–water partition coefficient (Wildman–Crippen LogP) is 3.85. The number of aryl methyl sites for hydroxylation is 1. The Balaban J connectivity index is 1.34. The van der Waals surface area contributed by atoms with E-state index in [1.54, 1.807) is 41.2 Å². The number of furan rings is 1. The predicted molar refractivity (Wildman–Crippen MR) is 127 cm³/mol. The molecule has 1 N–H and O–H groups in total. The van der Waals surface area contributed by atoms with Crippen molar-refractivity contribution in [3.63, 3.8) is 0 Å². The molecular formula is C26H26N4O3. The fourth-order valence-corrected chi connectivity index (χ4v) is 4.54. The van der Waals surface area contributed by atoms with Crippen molar-refractivity contribution < 1.29 is 9.21 Å². The van der Waals surface area contributed by atoms with Gasteiger partial charge in [-0.1, -0.05) is 12.1 Å². The van der Waals surface area contributed by atoms with E-state index in [1.165, 1.54) is 0 Å². The number of hydrogen-bond donors (Lipinski definition) is 1. The SMILES string of the molecule is Cc1nc2ccccc2c(=O)n1-c1ccc(C(=O)NC[C@H](c2ccco2)N2CCCC2)cc1. The van der Waals surface area contributed by atoms with E-state index in [-0.39, 0.29) is 17.5 Å². The Bertz CT molecular complexity index is 1320. The number of likely N-dealkylation sites (tertiary alicyclic amines) is 1. The van der Waals surface area contributed by atoms with Gasteiger partial charge in [-0.3, -0.25) is 19.1 Å². The zero-order valence-corrected chi connectivity index (χ0v) is 18.5. The third-order valence-corrected chi connectivity index (χ3v) is 6.24. The van der Waals surface area contributed by atoms with Gasteiger partial charge in [0, 0.05) is 12.1 Å². The summed E-state index contributed by atoms with van der Waals surface area (Å²) < 4.78 is 7.21. The molecule has 0 aliphatic carbocycles. The zero-order valence-electron chi connectivity index (χ0n) is 18.5. The Hall–Kier alpha value is -3.71. The van der Waals surface area contributed by atoms with Crippen LogP contribution in [0.15, 0.2) is 76.1 Å². The van der Waals surface area contributed by atoms with E-state index in [0.717, 1.165) is 31.7 Å². The monoisotopic (exact) mass is 442 g/mol. The molecule has 0 radical (unpaired) electrons. The third-order valence-electron chi connectivity index (χ3n) is 6.24. The highest BCUT2D eigenvalue weighted by molar-refractivity contribution is 5.94. The number of carbonyl (C=O) groups is 1. The van der Waals surface area contributed by atoms with Crippen molar-refractivity contribution in [2.45, 2.75) is 25.8 Å². The molecule has 0 spiro atoms. The average molecular weight is 443 g/mol. The minimum Gasteiger partial charge on any atom is -0.468 e. The Morgan fingerprint density at radius 2 is 1.82 bits per heavy atom. The number of hydrogen-bond acceptors (Lipinski definition) is 5. The number of rotatable bonds is 6. The topological polar surface area (TPSA) is 80.4 Å². The second-order valence-electron chi connectivity index (χ2n) is 8.35. The summed E-state index contributed by atoms with van der Waals surface area (Å²) in [6.45, 7) is 4.29. The number of para-hydroxylation sites is 1. The first kappa shape index (κ1) is 21.2. The average Bonchev–Trinajstić information content (AvgIpc) is 3.55. The molecule has 1 aliphatic heterocycles. The zero-order chi connectivity index (χ0) is 22.8. The van der Waals surface area contributed by atoms with Crippen LogP contribution in [-0.4, -0.2) is 40.0 Å². The molecule has 0 saturated carbocycles. The van der Waals surface area contributed by atoms with Crippen LogP contribution in [0.4, 0.5) is 0 Å². The second kappa shape index (κ2) is 9.03. The normalized spacial score (nSPS) is 15.1. The van der Waals surface area contributed by atoms with Crippen LogP contribution >= 0.6 is 0 Å². The lowest BCUT2D eigenvalue weighted by Crippen LogP contribution is -2.36. The van der Waals surface area contributed by atoms with E-state index in [1.807, 2.05) is 37.3 Å². The molecule has 7 heteroatoms. The van der Waals surface area contributed by atoms with Gasteiger partial charge < -0.3 is 9.73 Å². The van der Waals surface area contributed by atoms with Crippen molar-refractivity contribution in [3.05, 3.63) is 94.4 Å². The van der Waals surface area contributed by atoms with Crippen molar-refractivity contribution in [3.8, 4) is 5.69 Å². The molecule has 0 bridgehead atoms. The highest BCUT2D eigenvalue weighted by Crippen LogP contribution is 2.25. The second-order valence-corrected chi connectivity index (χ2v) is 8.35. The van der Waals surface area contributed by atoms with Crippen LogP contribution in [0.1, 0.15) is 40.8 Å². The maximum atomic E-state index is 13.0. The van der Waals surface area contributed by atoms with Gasteiger partial charge in [0.05, 0.1) is 28.9 Å². The van der Waals surface area contributed by atoms with E-state index in [4.69, 9.17) is 4.42 Å². The number of nitrogens with zero attached hydrogens (tertiary/aromatic N) is 3. The lowest BCUT2D eigenvalue weighted by atomic mass is 10.1. The third kappa shape index (κ3) is 4.19. The number of benzene rings is 2. The largest absolute Gasteiger partial charge is 0.468 e. The van der Waals surface area contributed by atoms with Crippen LogP contribution in [0.25, 0.3) is 16.6 Å². The molecule has 0 unspecified atom stereocenters. The quantitative estimate of drug-likeness (QED) is 0.491. The van der Waals surface area contributed by atoms with Crippen molar-refractivity contribution in [1.82, 2.24) is 19.8 Å². The first-order chi connectivity index (χ1) is 16.1. The van der Waals surface area contributed by atoms with Crippen LogP contribution in [-0.2, 0) is 0 Å². The van der Waals surface area contributed by atoms with Crippen LogP contribution in [0, 0.1) is 6.92 Å². The standard InChI is InChI=1S/C26H26N4O3/c1-18-28-22-8-3-2-7-21(22)26(32)30(18)20-12-10-19(11-13-20)25(31)27-17-23(24-9-6-16-33-24)29-14-4-5-15-29/h2-3,6-13,16,23H,4-5,14-15,17H2,1H3,(H,27,31)/t23-/m1/s1. The highest BCUT2D eigenvalue weighted by Gasteiger charge is 2.26. The van der Waals surface area contributed by atoms with E-state index in [0.29, 0.717) is 34.5 Å². The molecule has 5 rings (SSSR count). The van der Waals surface area contributed by atoms with Gasteiger partial charge in [0.25, 0.3) is 11.5 Å². The number of aromatic nitrogens is 2. The molecule has 2 aromatic carbocycles. The molecule has 1 fully saturated rings. The number of amides is 1. The van der Waals surface area contributed by atoms with Crippen molar-refractivity contribution in [1.29, 1.82) is 0 Å². The molecule has 2 aromatic heterocycles. The van der Waals surface area contributed by atoms with Gasteiger partial charge in [0.1, 0.15) is 11.6 Å². The fourth-order valence-electron chi connectivity index (χ4n) is 4.54. The number of fused-ring (bicyclic) bond motifs is 1. The summed E-state index contributed by atoms with van der Waals surface area (Å²) in [6, 6.07) is 18.2. The highest BCUT2D eigenvalue weighted by atomic mass is 16.3. The Morgan fingerprint density at radius 3 is 2.55 bits per heavy atom. The molecule has 1 amide bonds. The summed E-state index contributed by atoms with van der Waals surface area (Å²) in [5.74, 6) is 1.31. The molecule has 1 saturated heterocycles. The molecule has 4 aromatic rings. The lowest BCUT2D eigenvalue weighted by Gasteiger charge is -2.26. The number of carbonyl (C=O) groups excluding carboxylic acids is 1. The minimum atomic E-state index is -0.155. The maximum Gasteiger partial charge on any atom is 0.265 e. The van der Waals surface area contributed by atoms with Crippen molar-refractivity contribution >= 4 is 16.8 Å². The van der Waals surface area contributed by atoms with Gasteiger partial charge in [-0.15, -0.1) is 0 Å². The molecule has 33 heavy (non-hydrogen) atoms. The fraction of sp³-hybridized carbons (Fsp3) is 0.269. The van der Waals surface area contributed by atoms with E-state index < -0.39 is 0 Å². The van der Waals surface area contributed by atoms with Gasteiger partial charge in [-0.2, -0.15) is 0 Å². The number of nitrogens with one attached hydrogen (secondary N) is 1. The van der Waals surface area contributed by atoms with Gasteiger partial charge >= 0.3 is 0 Å². The molecule has 1 atom stereocenters. The first-order valence-electron chi connectivity index (χ1n) is 11.3. The van der Waals surface area contributed by atoms with Gasteiger partial charge in [-0.05, 0) is 81.4 Å². The smallest absolute Gasteiger partial charge is 0.265 e. The Labute approximate surface area is 191 Å². The van der Waals surface area contributed by atoms with Gasteiger partial charge in [0.2, 0.25) is 0 Å². The summed E-state index contributed by atoms with van der Waals surface area (Å²) >= 11 is 0. The van der Waals surface area contributed by atoms with Gasteiger partial charge in [-0.25, -0.2) is 4.98 Å². The lowest BCUT2D eigenvalue weighted by molar-refractivity contribution is 0.0934. The molecule has 7 nitrogen and oxygen atoms in total. The van der Waals surface area contributed by atoms with Crippen LogP contribution in [0.3, 0.4) is 0 Å². The summed E-state index contributed by atoms with van der Waals surface area (Å²) in [4.78, 5) is 32.8. The summed E-state index contributed by atoms with van der Waals surface area (Å²) in [6.07, 6.45) is 3.99.